The summed E-state index contributed by atoms with van der Waals surface area (Å²) in [5, 5.41) is 19.9. The Kier molecular flexibility index (Phi) is 4.53. The van der Waals surface area contributed by atoms with Gasteiger partial charge in [0.2, 0.25) is 0 Å². The Morgan fingerprint density at radius 3 is 2.33 bits per heavy atom. The zero-order chi connectivity index (χ0) is 18.1. The van der Waals surface area contributed by atoms with Crippen molar-refractivity contribution in [3.05, 3.63) is 35.0 Å². The van der Waals surface area contributed by atoms with Crippen LogP contribution in [0.2, 0.25) is 0 Å². The van der Waals surface area contributed by atoms with Gasteiger partial charge in [-0.25, -0.2) is 13.8 Å². The predicted molar refractivity (Wildman–Crippen MR) is 71.5 cm³/mol. The van der Waals surface area contributed by atoms with E-state index in [2.05, 4.69) is 10.1 Å². The lowest BCUT2D eigenvalue weighted by Gasteiger charge is -2.17. The molecule has 0 radical (unpaired) electrons. The summed E-state index contributed by atoms with van der Waals surface area (Å²) < 4.78 is 64.0. The lowest BCUT2D eigenvalue weighted by atomic mass is 10.1. The third kappa shape index (κ3) is 3.67. The van der Waals surface area contributed by atoms with Crippen LogP contribution in [0.15, 0.2) is 28.0 Å². The predicted octanol–water partition coefficient (Wildman–Crippen LogP) is 2.27. The van der Waals surface area contributed by atoms with Crippen LogP contribution in [0, 0.1) is 11.6 Å². The fourth-order valence-corrected chi connectivity index (χ4v) is 1.88. The Balaban J connectivity index is 2.42. The van der Waals surface area contributed by atoms with Crippen LogP contribution in [-0.4, -0.2) is 45.9 Å². The Bertz CT molecular complexity index is 748. The molecule has 1 amide bonds. The summed E-state index contributed by atoms with van der Waals surface area (Å²) in [5.74, 6) is -5.66. The van der Waals surface area contributed by atoms with Crippen molar-refractivity contribution in [3.63, 3.8) is 0 Å². The standard InChI is InChI=1S/C13H8F5N3O3/c14-7-1-6(2-8(15)11(7)22)3-9-12(23)21(5-13(16,17)18)10(20-9)4-19-24/h1-4,22,24H,5H2/b9-3+,19-4?. The van der Waals surface area contributed by atoms with E-state index in [0.717, 1.165) is 6.08 Å². The average Bonchev–Trinajstić information content (AvgIpc) is 2.72. The Labute approximate surface area is 130 Å². The first kappa shape index (κ1) is 17.4. The molecule has 2 N–H and O–H groups in total. The topological polar surface area (TPSA) is 85.5 Å². The number of amides is 1. The van der Waals surface area contributed by atoms with Crippen molar-refractivity contribution in [2.75, 3.05) is 6.54 Å². The number of hydrogen-bond acceptors (Lipinski definition) is 5. The number of carbonyl (C=O) groups excluding carboxylic acids is 1. The molecule has 0 saturated heterocycles. The second-order valence-corrected chi connectivity index (χ2v) is 4.58. The van der Waals surface area contributed by atoms with Gasteiger partial charge in [-0.3, -0.25) is 9.69 Å². The number of amidine groups is 1. The van der Waals surface area contributed by atoms with Crippen molar-refractivity contribution in [1.29, 1.82) is 0 Å². The number of phenols is 1. The molecule has 0 aliphatic carbocycles. The first-order chi connectivity index (χ1) is 11.1. The molecule has 1 aromatic carbocycles. The van der Waals surface area contributed by atoms with Gasteiger partial charge >= 0.3 is 6.18 Å². The van der Waals surface area contributed by atoms with E-state index in [1.807, 2.05) is 0 Å². The van der Waals surface area contributed by atoms with Crippen molar-refractivity contribution < 1.29 is 37.1 Å². The van der Waals surface area contributed by atoms with E-state index < -0.39 is 47.5 Å². The van der Waals surface area contributed by atoms with Gasteiger partial charge in [-0.05, 0) is 23.8 Å². The minimum Gasteiger partial charge on any atom is -0.503 e. The number of rotatable bonds is 3. The van der Waals surface area contributed by atoms with Crippen LogP contribution >= 0.6 is 0 Å². The maximum absolute atomic E-state index is 13.3. The van der Waals surface area contributed by atoms with E-state index in [9.17, 15) is 26.7 Å². The molecule has 0 spiro atoms. The molecule has 0 saturated carbocycles. The quantitative estimate of drug-likeness (QED) is 0.289. The van der Waals surface area contributed by atoms with Crippen LogP contribution < -0.4 is 0 Å². The Morgan fingerprint density at radius 2 is 1.83 bits per heavy atom. The average molecular weight is 349 g/mol. The van der Waals surface area contributed by atoms with Crippen molar-refractivity contribution in [2.45, 2.75) is 6.18 Å². The van der Waals surface area contributed by atoms with Gasteiger partial charge in [0.25, 0.3) is 5.91 Å². The minimum absolute atomic E-state index is 0.193. The van der Waals surface area contributed by atoms with Crippen molar-refractivity contribution in [3.8, 4) is 5.75 Å². The largest absolute Gasteiger partial charge is 0.503 e. The molecule has 0 unspecified atom stereocenters. The Hall–Kier alpha value is -2.98. The van der Waals surface area contributed by atoms with Crippen LogP contribution in [-0.2, 0) is 4.79 Å². The number of benzene rings is 1. The highest BCUT2D eigenvalue weighted by atomic mass is 19.4. The highest BCUT2D eigenvalue weighted by Crippen LogP contribution is 2.26. The van der Waals surface area contributed by atoms with Crippen LogP contribution in [0.3, 0.4) is 0 Å². The van der Waals surface area contributed by atoms with Crippen molar-refractivity contribution in [1.82, 2.24) is 4.90 Å². The lowest BCUT2D eigenvalue weighted by molar-refractivity contribution is -0.149. The van der Waals surface area contributed by atoms with E-state index in [1.165, 1.54) is 0 Å². The second-order valence-electron chi connectivity index (χ2n) is 4.58. The van der Waals surface area contributed by atoms with Gasteiger partial charge in [0.1, 0.15) is 18.5 Å². The number of phenolic OH excluding ortho intramolecular Hbond substituents is 1. The molecule has 0 atom stereocenters. The summed E-state index contributed by atoms with van der Waals surface area (Å²) in [5.41, 5.74) is -0.803. The fraction of sp³-hybridized carbons (Fsp3) is 0.154. The molecule has 6 nitrogen and oxygen atoms in total. The van der Waals surface area contributed by atoms with E-state index in [4.69, 9.17) is 10.3 Å². The summed E-state index contributed by atoms with van der Waals surface area (Å²) in [6, 6.07) is 1.33. The molecule has 128 valence electrons. The summed E-state index contributed by atoms with van der Waals surface area (Å²) >= 11 is 0. The Morgan fingerprint density at radius 1 is 1.25 bits per heavy atom. The molecule has 0 bridgehead atoms. The highest BCUT2D eigenvalue weighted by molar-refractivity contribution is 6.37. The number of hydrogen-bond donors (Lipinski definition) is 2. The summed E-state index contributed by atoms with van der Waals surface area (Å²) in [6.45, 7) is -1.69. The summed E-state index contributed by atoms with van der Waals surface area (Å²) in [4.78, 5) is 15.7. The zero-order valence-electron chi connectivity index (χ0n) is 11.6. The summed E-state index contributed by atoms with van der Waals surface area (Å²) in [7, 11) is 0. The molecule has 0 fully saturated rings. The molecule has 1 aliphatic rings. The van der Waals surface area contributed by atoms with Gasteiger partial charge in [0, 0.05) is 0 Å². The monoisotopic (exact) mass is 349 g/mol. The third-order valence-corrected chi connectivity index (χ3v) is 2.83. The van der Waals surface area contributed by atoms with Crippen molar-refractivity contribution >= 4 is 24.0 Å². The molecular formula is C13H8F5N3O3. The van der Waals surface area contributed by atoms with Gasteiger partial charge in [0.05, 0.1) is 0 Å². The third-order valence-electron chi connectivity index (χ3n) is 2.83. The highest BCUT2D eigenvalue weighted by Gasteiger charge is 2.39. The van der Waals surface area contributed by atoms with Gasteiger partial charge < -0.3 is 10.3 Å². The van der Waals surface area contributed by atoms with Crippen LogP contribution in [0.5, 0.6) is 5.75 Å². The summed E-state index contributed by atoms with van der Waals surface area (Å²) in [6.07, 6.45) is -3.40. The van der Waals surface area contributed by atoms with Gasteiger partial charge in [0.15, 0.2) is 23.2 Å². The first-order valence-corrected chi connectivity index (χ1v) is 6.17. The van der Waals surface area contributed by atoms with Crippen molar-refractivity contribution in [2.24, 2.45) is 10.1 Å². The molecule has 1 aromatic rings. The second kappa shape index (κ2) is 6.26. The molecule has 11 heteroatoms. The van der Waals surface area contributed by atoms with E-state index in [1.54, 1.807) is 0 Å². The van der Waals surface area contributed by atoms with E-state index >= 15 is 0 Å². The maximum atomic E-state index is 13.3. The molecule has 2 rings (SSSR count). The molecule has 24 heavy (non-hydrogen) atoms. The smallest absolute Gasteiger partial charge is 0.406 e. The fourth-order valence-electron chi connectivity index (χ4n) is 1.88. The number of aliphatic imine (C=N–C) groups is 1. The lowest BCUT2D eigenvalue weighted by Crippen LogP contribution is -2.40. The molecule has 1 heterocycles. The van der Waals surface area contributed by atoms with E-state index in [0.29, 0.717) is 18.3 Å². The number of oxime groups is 1. The number of halogens is 5. The van der Waals surface area contributed by atoms with Gasteiger partial charge in [-0.2, -0.15) is 13.2 Å². The van der Waals surface area contributed by atoms with Gasteiger partial charge in [-0.1, -0.05) is 5.16 Å². The first-order valence-electron chi connectivity index (χ1n) is 6.17. The minimum atomic E-state index is -4.74. The molecular weight excluding hydrogens is 341 g/mol. The van der Waals surface area contributed by atoms with Crippen LogP contribution in [0.4, 0.5) is 22.0 Å². The maximum Gasteiger partial charge on any atom is 0.406 e. The van der Waals surface area contributed by atoms with E-state index in [-0.39, 0.29) is 10.5 Å². The number of nitrogens with zero attached hydrogens (tertiary/aromatic N) is 3. The number of aromatic hydroxyl groups is 1. The number of alkyl halides is 3. The normalized spacial score (nSPS) is 17.2. The van der Waals surface area contributed by atoms with Gasteiger partial charge in [-0.15, -0.1) is 0 Å². The zero-order valence-corrected chi connectivity index (χ0v) is 11.6. The van der Waals surface area contributed by atoms with Crippen LogP contribution in [0.1, 0.15) is 5.56 Å². The molecule has 1 aliphatic heterocycles. The molecule has 0 aromatic heterocycles. The SMILES string of the molecule is O=C1/C(=C\c2cc(F)c(O)c(F)c2)N=C(C=NO)N1CC(F)(F)F. The number of carbonyl (C=O) groups is 1. The van der Waals surface area contributed by atoms with Crippen LogP contribution in [0.25, 0.3) is 6.08 Å².